The van der Waals surface area contributed by atoms with Crippen molar-refractivity contribution in [2.75, 3.05) is 12.8 Å². The SMILES string of the molecule is CN(C=O)C(=O)C[S+]=P([O-])(O)S. The number of hydrogen-bond donors (Lipinski definition) is 2. The summed E-state index contributed by atoms with van der Waals surface area (Å²) in [6.07, 6.45) is 0.337. The van der Waals surface area contributed by atoms with E-state index in [4.69, 9.17) is 4.89 Å². The summed E-state index contributed by atoms with van der Waals surface area (Å²) in [5.74, 6) is -0.759. The molecule has 0 saturated carbocycles. The molecule has 0 bridgehead atoms. The summed E-state index contributed by atoms with van der Waals surface area (Å²) in [7, 11) is 1.79. The van der Waals surface area contributed by atoms with Gasteiger partial charge in [-0.1, -0.05) is 12.2 Å². The number of rotatable bonds is 3. The lowest BCUT2D eigenvalue weighted by Gasteiger charge is -2.05. The first-order chi connectivity index (χ1) is 5.37. The first kappa shape index (κ1) is 12.1. The van der Waals surface area contributed by atoms with Gasteiger partial charge in [0, 0.05) is 7.05 Å². The first-order valence-electron chi connectivity index (χ1n) is 2.78. The summed E-state index contributed by atoms with van der Waals surface area (Å²) in [4.78, 5) is 40.8. The van der Waals surface area contributed by atoms with Gasteiger partial charge in [-0.25, -0.2) is 0 Å². The number of thiol groups is 1. The Labute approximate surface area is 78.7 Å². The van der Waals surface area contributed by atoms with Gasteiger partial charge in [0.25, 0.3) is 11.7 Å². The van der Waals surface area contributed by atoms with Crippen molar-refractivity contribution < 1.29 is 19.4 Å². The maximum Gasteiger partial charge on any atom is 0.288 e. The lowest BCUT2D eigenvalue weighted by atomic mass is 10.6. The molecule has 0 heterocycles. The predicted octanol–water partition coefficient (Wildman–Crippen LogP) is -1.36. The molecule has 0 aliphatic carbocycles. The zero-order chi connectivity index (χ0) is 9.78. The highest BCUT2D eigenvalue weighted by Gasteiger charge is 2.15. The Morgan fingerprint density at radius 3 is 2.75 bits per heavy atom. The van der Waals surface area contributed by atoms with Crippen molar-refractivity contribution in [3.8, 4) is 0 Å². The lowest BCUT2D eigenvalue weighted by molar-refractivity contribution is -0.170. The molecule has 2 amide bonds. The van der Waals surface area contributed by atoms with E-state index < -0.39 is 11.6 Å². The minimum absolute atomic E-state index is 0.230. The summed E-state index contributed by atoms with van der Waals surface area (Å²) in [5, 5.41) is 0. The van der Waals surface area contributed by atoms with Crippen LogP contribution in [0.1, 0.15) is 0 Å². The van der Waals surface area contributed by atoms with E-state index in [2.05, 4.69) is 12.2 Å². The van der Waals surface area contributed by atoms with Crippen molar-refractivity contribution in [3.63, 3.8) is 0 Å². The zero-order valence-corrected chi connectivity index (χ0v) is 8.81. The Hall–Kier alpha value is 0.0600. The van der Waals surface area contributed by atoms with Crippen LogP contribution in [0.2, 0.25) is 0 Å². The van der Waals surface area contributed by atoms with E-state index in [1.165, 1.54) is 7.05 Å². The molecule has 0 aromatic carbocycles. The Balaban J connectivity index is 4.13. The molecular weight excluding hydrogens is 221 g/mol. The number of imide groups is 1. The van der Waals surface area contributed by atoms with Crippen LogP contribution in [0.3, 0.4) is 0 Å². The highest BCUT2D eigenvalue weighted by atomic mass is 32.9. The van der Waals surface area contributed by atoms with Crippen LogP contribution < -0.4 is 4.89 Å². The Morgan fingerprint density at radius 1 is 1.92 bits per heavy atom. The van der Waals surface area contributed by atoms with Crippen molar-refractivity contribution in [1.29, 1.82) is 0 Å². The molecule has 0 radical (unpaired) electrons. The fourth-order valence-corrected chi connectivity index (χ4v) is 2.14. The van der Waals surface area contributed by atoms with Gasteiger partial charge in [0.2, 0.25) is 12.1 Å². The molecule has 0 rings (SSSR count). The smallest absolute Gasteiger partial charge is 0.288 e. The minimum atomic E-state index is -3.52. The molecule has 70 valence electrons. The van der Waals surface area contributed by atoms with Crippen LogP contribution in [0.15, 0.2) is 0 Å². The second-order valence-corrected chi connectivity index (χ2v) is 8.10. The Morgan fingerprint density at radius 2 is 2.42 bits per heavy atom. The Kier molecular flexibility index (Phi) is 4.96. The molecule has 0 aromatic rings. The van der Waals surface area contributed by atoms with Gasteiger partial charge in [0.1, 0.15) is 0 Å². The molecule has 12 heavy (non-hydrogen) atoms. The van der Waals surface area contributed by atoms with E-state index in [0.717, 1.165) is 4.90 Å². The summed E-state index contributed by atoms with van der Waals surface area (Å²) in [6.45, 7) is 0. The molecule has 0 saturated heterocycles. The summed E-state index contributed by atoms with van der Waals surface area (Å²) in [5.41, 5.74) is -3.52. The molecule has 0 aliphatic heterocycles. The molecule has 0 spiro atoms. The van der Waals surface area contributed by atoms with Crippen molar-refractivity contribution in [3.05, 3.63) is 0 Å². The van der Waals surface area contributed by atoms with Gasteiger partial charge in [-0.3, -0.25) is 14.5 Å². The fraction of sp³-hybridized carbons (Fsp3) is 0.500. The van der Waals surface area contributed by atoms with E-state index in [-0.39, 0.29) is 5.75 Å². The average molecular weight is 229 g/mol. The van der Waals surface area contributed by atoms with E-state index in [1.54, 1.807) is 0 Å². The fourth-order valence-electron chi connectivity index (χ4n) is 0.300. The molecule has 8 heteroatoms. The predicted molar refractivity (Wildman–Crippen MR) is 49.2 cm³/mol. The summed E-state index contributed by atoms with van der Waals surface area (Å²) >= 11 is 3.34. The number of amides is 2. The highest BCUT2D eigenvalue weighted by molar-refractivity contribution is 8.61. The third-order valence-corrected chi connectivity index (χ3v) is 4.06. The van der Waals surface area contributed by atoms with Crippen molar-refractivity contribution in [1.82, 2.24) is 4.90 Å². The van der Waals surface area contributed by atoms with Crippen molar-refractivity contribution in [2.45, 2.75) is 0 Å². The highest BCUT2D eigenvalue weighted by Crippen LogP contribution is 2.37. The lowest BCUT2D eigenvalue weighted by Crippen LogP contribution is -2.27. The number of nitrogens with zero attached hydrogens (tertiary/aromatic N) is 1. The van der Waals surface area contributed by atoms with Gasteiger partial charge in [-0.2, -0.15) is 0 Å². The molecule has 0 aliphatic rings. The maximum atomic E-state index is 10.8. The van der Waals surface area contributed by atoms with Gasteiger partial charge in [0.05, 0.1) is 0 Å². The van der Waals surface area contributed by atoms with Crippen molar-refractivity contribution in [2.24, 2.45) is 0 Å². The van der Waals surface area contributed by atoms with Crippen LogP contribution in [0.5, 0.6) is 0 Å². The standard InChI is InChI=1S/C4H8NO4PS2/c1-5(3-6)4(7)2-12-10(8,9)11/h3H,2H2,1H3,(H2-,8,9,11). The van der Waals surface area contributed by atoms with E-state index in [9.17, 15) is 14.5 Å². The van der Waals surface area contributed by atoms with E-state index in [0.29, 0.717) is 17.4 Å². The van der Waals surface area contributed by atoms with Gasteiger partial charge < -0.3 is 9.79 Å². The largest absolute Gasteiger partial charge is 0.757 e. The third kappa shape index (κ3) is 5.68. The molecule has 0 aromatic heterocycles. The van der Waals surface area contributed by atoms with Gasteiger partial charge >= 0.3 is 0 Å². The number of carbonyl (C=O) groups excluding carboxylic acids is 2. The van der Waals surface area contributed by atoms with Crippen LogP contribution in [0, 0.1) is 0 Å². The minimum Gasteiger partial charge on any atom is -0.757 e. The van der Waals surface area contributed by atoms with Crippen LogP contribution in [0.25, 0.3) is 0 Å². The van der Waals surface area contributed by atoms with Crippen LogP contribution in [-0.4, -0.2) is 34.9 Å². The first-order valence-corrected chi connectivity index (χ1v) is 7.18. The van der Waals surface area contributed by atoms with Gasteiger partial charge in [-0.05, 0) is 0 Å². The molecule has 1 atom stereocenters. The van der Waals surface area contributed by atoms with Crippen LogP contribution in [-0.2, 0) is 20.5 Å². The van der Waals surface area contributed by atoms with Crippen LogP contribution in [0.4, 0.5) is 0 Å². The number of carbonyl (C=O) groups is 2. The molecule has 1 unspecified atom stereocenters. The molecule has 1 N–H and O–H groups in total. The van der Waals surface area contributed by atoms with E-state index >= 15 is 0 Å². The topological polar surface area (TPSA) is 80.7 Å². The molecule has 0 fully saturated rings. The second-order valence-electron chi connectivity index (χ2n) is 1.87. The second kappa shape index (κ2) is 4.94. The normalized spacial score (nSPS) is 14.7. The Bertz CT molecular complexity index is 229. The average Bonchev–Trinajstić information content (AvgIpc) is 1.97. The maximum absolute atomic E-state index is 10.8. The molecule has 5 nitrogen and oxygen atoms in total. The zero-order valence-electron chi connectivity index (χ0n) is 6.21. The summed E-state index contributed by atoms with van der Waals surface area (Å²) < 4.78 is 0. The van der Waals surface area contributed by atoms with Gasteiger partial charge in [-0.15, -0.1) is 0 Å². The quantitative estimate of drug-likeness (QED) is 0.271. The monoisotopic (exact) mass is 229 g/mol. The van der Waals surface area contributed by atoms with Gasteiger partial charge in [0.15, 0.2) is 10.9 Å². The summed E-state index contributed by atoms with van der Waals surface area (Å²) in [6, 6.07) is 0. The molecular formula is C4H8NO4PS2. The van der Waals surface area contributed by atoms with Crippen LogP contribution >= 0.6 is 17.9 Å². The van der Waals surface area contributed by atoms with Crippen molar-refractivity contribution >= 4 is 41.2 Å². The van der Waals surface area contributed by atoms with E-state index in [1.807, 2.05) is 0 Å². The number of hydrogen-bond acceptors (Lipinski definition) is 3. The third-order valence-electron chi connectivity index (χ3n) is 0.908.